The molecule has 3 heteroatoms. The van der Waals surface area contributed by atoms with Crippen LogP contribution in [0.4, 0.5) is 0 Å². The van der Waals surface area contributed by atoms with Gasteiger partial charge in [0.25, 0.3) is 0 Å². The maximum absolute atomic E-state index is 4.03. The van der Waals surface area contributed by atoms with E-state index < -0.39 is 10.0 Å². The van der Waals surface area contributed by atoms with Crippen LogP contribution >= 0.6 is 10.0 Å². The zero-order valence-corrected chi connectivity index (χ0v) is 10.7. The summed E-state index contributed by atoms with van der Waals surface area (Å²) in [4.78, 5) is 0. The highest BCUT2D eigenvalue weighted by Crippen LogP contribution is 2.49. The van der Waals surface area contributed by atoms with Gasteiger partial charge in [-0.15, -0.1) is 0 Å². The normalized spacial score (nSPS) is 14.4. The van der Waals surface area contributed by atoms with Gasteiger partial charge in [-0.25, -0.2) is 10.0 Å². The molecular formula is C11H22N2S. The molecule has 0 spiro atoms. The molecule has 1 heterocycles. The van der Waals surface area contributed by atoms with E-state index in [9.17, 15) is 0 Å². The van der Waals surface area contributed by atoms with Gasteiger partial charge in [0.2, 0.25) is 0 Å². The van der Waals surface area contributed by atoms with Crippen LogP contribution in [0.15, 0.2) is 17.3 Å². The smallest absolute Gasteiger partial charge is 0.0733 e. The van der Waals surface area contributed by atoms with Gasteiger partial charge in [-0.1, -0.05) is 20.8 Å². The van der Waals surface area contributed by atoms with Gasteiger partial charge in [-0.2, -0.15) is 5.10 Å². The van der Waals surface area contributed by atoms with E-state index in [4.69, 9.17) is 0 Å². The molecule has 0 fully saturated rings. The Hall–Kier alpha value is -0.440. The minimum Gasteiger partial charge on any atom is -0.274 e. The summed E-state index contributed by atoms with van der Waals surface area (Å²) in [5.41, 5.74) is 0.435. The Labute approximate surface area is 88.8 Å². The molecule has 14 heavy (non-hydrogen) atoms. The first-order valence-corrected chi connectivity index (χ1v) is 7.64. The lowest BCUT2D eigenvalue weighted by Crippen LogP contribution is -2.12. The second-order valence-electron chi connectivity index (χ2n) is 5.47. The minimum absolute atomic E-state index is 0.435. The predicted molar refractivity (Wildman–Crippen MR) is 65.2 cm³/mol. The van der Waals surface area contributed by atoms with Crippen molar-refractivity contribution in [3.05, 3.63) is 12.3 Å². The van der Waals surface area contributed by atoms with Crippen molar-refractivity contribution in [3.8, 4) is 0 Å². The van der Waals surface area contributed by atoms with Crippen molar-refractivity contribution in [2.24, 2.45) is 5.41 Å². The monoisotopic (exact) mass is 214 g/mol. The van der Waals surface area contributed by atoms with Gasteiger partial charge in [-0.05, 0) is 36.2 Å². The van der Waals surface area contributed by atoms with E-state index in [1.165, 1.54) is 17.2 Å². The van der Waals surface area contributed by atoms with E-state index >= 15 is 0 Å². The van der Waals surface area contributed by atoms with Gasteiger partial charge in [-0.3, -0.25) is 5.10 Å². The fraction of sp³-hybridized carbons (Fsp3) is 0.727. The molecule has 0 saturated carbocycles. The molecule has 82 valence electrons. The maximum atomic E-state index is 4.03. The van der Waals surface area contributed by atoms with Crippen LogP contribution in [-0.2, 0) is 0 Å². The van der Waals surface area contributed by atoms with Crippen LogP contribution < -0.4 is 0 Å². The van der Waals surface area contributed by atoms with E-state index in [1.807, 2.05) is 6.20 Å². The lowest BCUT2D eigenvalue weighted by molar-refractivity contribution is 0.400. The van der Waals surface area contributed by atoms with Crippen LogP contribution in [0.5, 0.6) is 0 Å². The molecule has 1 rings (SSSR count). The number of H-pyrrole nitrogens is 1. The lowest BCUT2D eigenvalue weighted by atomic mass is 9.94. The Morgan fingerprint density at radius 2 is 2.00 bits per heavy atom. The Morgan fingerprint density at radius 1 is 1.36 bits per heavy atom. The summed E-state index contributed by atoms with van der Waals surface area (Å²) in [6.45, 7) is 6.90. The van der Waals surface area contributed by atoms with E-state index in [2.05, 4.69) is 49.5 Å². The van der Waals surface area contributed by atoms with Gasteiger partial charge < -0.3 is 0 Å². The second kappa shape index (κ2) is 3.97. The summed E-state index contributed by atoms with van der Waals surface area (Å²) in [5, 5.41) is 8.45. The number of nitrogens with zero attached hydrogens (tertiary/aromatic N) is 1. The number of hydrogen-bond donors (Lipinski definition) is 1. The third-order valence-corrected chi connectivity index (χ3v) is 5.08. The second-order valence-corrected chi connectivity index (χ2v) is 9.40. The molecule has 0 unspecified atom stereocenters. The first-order valence-electron chi connectivity index (χ1n) is 5.02. The van der Waals surface area contributed by atoms with Crippen LogP contribution in [-0.4, -0.2) is 28.5 Å². The average Bonchev–Trinajstić information content (AvgIpc) is 2.52. The van der Waals surface area contributed by atoms with Crippen LogP contribution in [0.1, 0.15) is 27.2 Å². The maximum Gasteiger partial charge on any atom is 0.0733 e. The van der Waals surface area contributed by atoms with Crippen LogP contribution in [0, 0.1) is 5.41 Å². The van der Waals surface area contributed by atoms with Gasteiger partial charge in [0.15, 0.2) is 0 Å². The molecular weight excluding hydrogens is 192 g/mol. The number of aromatic amines is 1. The van der Waals surface area contributed by atoms with Gasteiger partial charge in [0, 0.05) is 6.20 Å². The molecule has 0 bridgehead atoms. The van der Waals surface area contributed by atoms with Crippen molar-refractivity contribution in [1.29, 1.82) is 0 Å². The molecule has 2 nitrogen and oxygen atoms in total. The highest BCUT2D eigenvalue weighted by atomic mass is 32.3. The topological polar surface area (TPSA) is 28.7 Å². The number of nitrogens with one attached hydrogen (secondary N) is 1. The summed E-state index contributed by atoms with van der Waals surface area (Å²) >= 11 is 0. The Morgan fingerprint density at radius 3 is 2.43 bits per heavy atom. The molecule has 0 saturated heterocycles. The Balaban J connectivity index is 2.59. The molecule has 1 N–H and O–H groups in total. The molecule has 1 aromatic heterocycles. The molecule has 0 atom stereocenters. The molecule has 0 radical (unpaired) electrons. The zero-order chi connectivity index (χ0) is 10.8. The number of hydrogen-bond acceptors (Lipinski definition) is 1. The quantitative estimate of drug-likeness (QED) is 0.822. The van der Waals surface area contributed by atoms with Crippen molar-refractivity contribution in [2.75, 3.05) is 18.3 Å². The largest absolute Gasteiger partial charge is 0.274 e. The van der Waals surface area contributed by atoms with Crippen molar-refractivity contribution in [3.63, 3.8) is 0 Å². The third-order valence-electron chi connectivity index (χ3n) is 2.43. The fourth-order valence-corrected chi connectivity index (χ4v) is 3.29. The van der Waals surface area contributed by atoms with Gasteiger partial charge in [0.05, 0.1) is 5.03 Å². The van der Waals surface area contributed by atoms with Crippen LogP contribution in [0.3, 0.4) is 0 Å². The minimum atomic E-state index is -0.668. The highest BCUT2D eigenvalue weighted by Gasteiger charge is 2.19. The van der Waals surface area contributed by atoms with E-state index in [1.54, 1.807) is 0 Å². The summed E-state index contributed by atoms with van der Waals surface area (Å²) in [6.07, 6.45) is 7.83. The highest BCUT2D eigenvalue weighted by molar-refractivity contribution is 8.32. The third kappa shape index (κ3) is 3.37. The van der Waals surface area contributed by atoms with Gasteiger partial charge in [0.1, 0.15) is 0 Å². The molecule has 0 amide bonds. The molecule has 0 aliphatic rings. The first-order chi connectivity index (χ1) is 6.31. The van der Waals surface area contributed by atoms with Crippen LogP contribution in [0.25, 0.3) is 0 Å². The van der Waals surface area contributed by atoms with Crippen molar-refractivity contribution in [1.82, 2.24) is 10.2 Å². The standard InChI is InChI=1S/C11H22N2S/c1-11(2,3)7-9-14(4,5)10-6-8-12-13-10/h6,8H,7,9H2,1-5H3,(H,12,13). The zero-order valence-electron chi connectivity index (χ0n) is 9.92. The van der Waals surface area contributed by atoms with Gasteiger partial charge >= 0.3 is 0 Å². The first kappa shape index (κ1) is 11.6. The molecule has 0 aliphatic carbocycles. The summed E-state index contributed by atoms with van der Waals surface area (Å²) in [5.74, 6) is 1.28. The molecule has 1 aromatic rings. The predicted octanol–water partition coefficient (Wildman–Crippen LogP) is 3.27. The van der Waals surface area contributed by atoms with E-state index in [0.717, 1.165) is 0 Å². The summed E-state index contributed by atoms with van der Waals surface area (Å²) in [7, 11) is -0.668. The lowest BCUT2D eigenvalue weighted by Gasteiger charge is -2.32. The van der Waals surface area contributed by atoms with Crippen molar-refractivity contribution in [2.45, 2.75) is 32.2 Å². The van der Waals surface area contributed by atoms with Crippen molar-refractivity contribution < 1.29 is 0 Å². The van der Waals surface area contributed by atoms with E-state index in [-0.39, 0.29) is 0 Å². The molecule has 0 aromatic carbocycles. The Bertz CT molecular complexity index is 270. The Kier molecular flexibility index (Phi) is 3.30. The summed E-state index contributed by atoms with van der Waals surface area (Å²) < 4.78 is 0. The molecule has 0 aliphatic heterocycles. The number of aromatic nitrogens is 2. The number of rotatable bonds is 3. The van der Waals surface area contributed by atoms with Crippen molar-refractivity contribution >= 4 is 10.0 Å². The summed E-state index contributed by atoms with van der Waals surface area (Å²) in [6, 6.07) is 2.11. The average molecular weight is 214 g/mol. The van der Waals surface area contributed by atoms with E-state index in [0.29, 0.717) is 5.41 Å². The SMILES string of the molecule is CC(C)(C)CCS(C)(C)c1ccn[nH]1. The fourth-order valence-electron chi connectivity index (χ4n) is 1.22. The van der Waals surface area contributed by atoms with Crippen LogP contribution in [0.2, 0.25) is 0 Å².